The molecule has 0 radical (unpaired) electrons. The van der Waals surface area contributed by atoms with Gasteiger partial charge in [-0.2, -0.15) is 5.10 Å². The molecule has 1 N–H and O–H groups in total. The van der Waals surface area contributed by atoms with Crippen LogP contribution in [0.25, 0.3) is 10.9 Å². The second kappa shape index (κ2) is 6.66. The third-order valence-electron chi connectivity index (χ3n) is 3.87. The van der Waals surface area contributed by atoms with Gasteiger partial charge >= 0.3 is 5.97 Å². The summed E-state index contributed by atoms with van der Waals surface area (Å²) in [5.41, 5.74) is 2.05. The molecular formula is C17H17N3O4S. The number of methoxy groups -OCH3 is 1. The number of rotatable bonds is 5. The summed E-state index contributed by atoms with van der Waals surface area (Å²) in [4.78, 5) is 11.5. The third-order valence-corrected chi connectivity index (χ3v) is 5.28. The van der Waals surface area contributed by atoms with E-state index in [9.17, 15) is 13.2 Å². The summed E-state index contributed by atoms with van der Waals surface area (Å²) in [6.45, 7) is 0.155. The monoisotopic (exact) mass is 359 g/mol. The number of sulfonamides is 1. The fraction of sp³-hybridized carbons (Fsp3) is 0.176. The maximum atomic E-state index is 12.4. The van der Waals surface area contributed by atoms with Gasteiger partial charge in [-0.15, -0.1) is 0 Å². The second-order valence-electron chi connectivity index (χ2n) is 5.50. The highest BCUT2D eigenvalue weighted by molar-refractivity contribution is 7.89. The van der Waals surface area contributed by atoms with Gasteiger partial charge in [0.15, 0.2) is 0 Å². The van der Waals surface area contributed by atoms with Gasteiger partial charge in [-0.1, -0.05) is 12.1 Å². The molecule has 3 rings (SSSR count). The van der Waals surface area contributed by atoms with Crippen molar-refractivity contribution < 1.29 is 17.9 Å². The summed E-state index contributed by atoms with van der Waals surface area (Å²) in [7, 11) is -0.578. The van der Waals surface area contributed by atoms with Crippen LogP contribution in [0.3, 0.4) is 0 Å². The minimum absolute atomic E-state index is 0.0850. The number of fused-ring (bicyclic) bond motifs is 1. The average Bonchev–Trinajstić information content (AvgIpc) is 3.00. The number of aromatic nitrogens is 2. The highest BCUT2D eigenvalue weighted by atomic mass is 32.2. The van der Waals surface area contributed by atoms with Crippen LogP contribution in [-0.4, -0.2) is 31.3 Å². The van der Waals surface area contributed by atoms with Gasteiger partial charge in [-0.05, 0) is 35.9 Å². The van der Waals surface area contributed by atoms with E-state index in [0.717, 1.165) is 16.5 Å². The standard InChI is InChI=1S/C17H17N3O4S/c1-20-16-9-12(3-4-14(16)11-18-20)10-19-25(22,23)15-7-5-13(6-8-15)17(21)24-2/h3-9,11,19H,10H2,1-2H3. The lowest BCUT2D eigenvalue weighted by Crippen LogP contribution is -2.23. The Balaban J connectivity index is 1.76. The van der Waals surface area contributed by atoms with E-state index in [-0.39, 0.29) is 11.4 Å². The Hall–Kier alpha value is -2.71. The summed E-state index contributed by atoms with van der Waals surface area (Å²) < 4.78 is 33.7. The van der Waals surface area contributed by atoms with Gasteiger partial charge in [0.25, 0.3) is 0 Å². The van der Waals surface area contributed by atoms with E-state index in [1.165, 1.54) is 31.4 Å². The van der Waals surface area contributed by atoms with Crippen LogP contribution in [0, 0.1) is 0 Å². The largest absolute Gasteiger partial charge is 0.465 e. The minimum Gasteiger partial charge on any atom is -0.465 e. The number of aryl methyl sites for hydroxylation is 1. The number of hydrogen-bond donors (Lipinski definition) is 1. The summed E-state index contributed by atoms with van der Waals surface area (Å²) >= 11 is 0. The molecule has 130 valence electrons. The quantitative estimate of drug-likeness (QED) is 0.702. The molecule has 0 amide bonds. The van der Waals surface area contributed by atoms with Gasteiger partial charge in [-0.25, -0.2) is 17.9 Å². The van der Waals surface area contributed by atoms with Crippen molar-refractivity contribution in [3.8, 4) is 0 Å². The fourth-order valence-electron chi connectivity index (χ4n) is 2.45. The third kappa shape index (κ3) is 3.54. The van der Waals surface area contributed by atoms with E-state index >= 15 is 0 Å². The molecule has 0 unspecified atom stereocenters. The van der Waals surface area contributed by atoms with Gasteiger partial charge in [0.1, 0.15) is 0 Å². The molecule has 0 saturated carbocycles. The first-order valence-corrected chi connectivity index (χ1v) is 8.98. The first-order valence-electron chi connectivity index (χ1n) is 7.49. The molecule has 0 atom stereocenters. The number of carbonyl (C=O) groups is 1. The molecule has 1 heterocycles. The van der Waals surface area contributed by atoms with E-state index in [0.29, 0.717) is 5.56 Å². The van der Waals surface area contributed by atoms with Crippen molar-refractivity contribution in [1.29, 1.82) is 0 Å². The van der Waals surface area contributed by atoms with Crippen molar-refractivity contribution >= 4 is 26.9 Å². The molecule has 0 bridgehead atoms. The highest BCUT2D eigenvalue weighted by Gasteiger charge is 2.15. The minimum atomic E-state index is -3.68. The molecule has 0 spiro atoms. The van der Waals surface area contributed by atoms with Crippen LogP contribution in [-0.2, 0) is 28.4 Å². The molecule has 8 heteroatoms. The SMILES string of the molecule is COC(=O)c1ccc(S(=O)(=O)NCc2ccc3cnn(C)c3c2)cc1. The molecule has 0 aliphatic carbocycles. The fourth-order valence-corrected chi connectivity index (χ4v) is 3.47. The van der Waals surface area contributed by atoms with E-state index < -0.39 is 16.0 Å². The lowest BCUT2D eigenvalue weighted by atomic mass is 10.2. The van der Waals surface area contributed by atoms with Crippen LogP contribution < -0.4 is 4.72 Å². The number of hydrogen-bond acceptors (Lipinski definition) is 5. The maximum Gasteiger partial charge on any atom is 0.337 e. The molecule has 2 aromatic carbocycles. The molecule has 0 fully saturated rings. The van der Waals surface area contributed by atoms with Crippen molar-refractivity contribution in [2.24, 2.45) is 7.05 Å². The van der Waals surface area contributed by atoms with Gasteiger partial charge in [-0.3, -0.25) is 4.68 Å². The zero-order chi connectivity index (χ0) is 18.0. The second-order valence-corrected chi connectivity index (χ2v) is 7.27. The van der Waals surface area contributed by atoms with Crippen molar-refractivity contribution in [2.75, 3.05) is 7.11 Å². The zero-order valence-electron chi connectivity index (χ0n) is 13.8. The number of ether oxygens (including phenoxy) is 1. The Morgan fingerprint density at radius 1 is 1.20 bits per heavy atom. The van der Waals surface area contributed by atoms with Gasteiger partial charge in [0.2, 0.25) is 10.0 Å². The molecule has 0 aliphatic rings. The molecule has 25 heavy (non-hydrogen) atoms. The van der Waals surface area contributed by atoms with Crippen LogP contribution in [0.15, 0.2) is 53.6 Å². The van der Waals surface area contributed by atoms with Crippen molar-refractivity contribution in [1.82, 2.24) is 14.5 Å². The van der Waals surface area contributed by atoms with E-state index in [1.54, 1.807) is 10.9 Å². The zero-order valence-corrected chi connectivity index (χ0v) is 14.6. The molecule has 0 saturated heterocycles. The Kier molecular flexibility index (Phi) is 4.56. The first kappa shape index (κ1) is 17.1. The molecule has 1 aromatic heterocycles. The predicted octanol–water partition coefficient (Wildman–Crippen LogP) is 1.84. The van der Waals surface area contributed by atoms with Crippen LogP contribution in [0.2, 0.25) is 0 Å². The van der Waals surface area contributed by atoms with Crippen molar-refractivity contribution in [3.05, 3.63) is 59.8 Å². The van der Waals surface area contributed by atoms with E-state index in [1.807, 2.05) is 25.2 Å². The summed E-state index contributed by atoms with van der Waals surface area (Å²) in [6, 6.07) is 11.2. The number of nitrogens with one attached hydrogen (secondary N) is 1. The van der Waals surface area contributed by atoms with Gasteiger partial charge in [0.05, 0.1) is 29.3 Å². The van der Waals surface area contributed by atoms with Crippen molar-refractivity contribution in [2.45, 2.75) is 11.4 Å². The van der Waals surface area contributed by atoms with Gasteiger partial charge in [0, 0.05) is 19.0 Å². The number of benzene rings is 2. The first-order chi connectivity index (χ1) is 11.9. The lowest BCUT2D eigenvalue weighted by Gasteiger charge is -2.08. The van der Waals surface area contributed by atoms with E-state index in [2.05, 4.69) is 14.6 Å². The Bertz CT molecular complexity index is 1020. The Morgan fingerprint density at radius 2 is 1.92 bits per heavy atom. The molecule has 7 nitrogen and oxygen atoms in total. The number of esters is 1. The number of nitrogens with zero attached hydrogens (tertiary/aromatic N) is 2. The summed E-state index contributed by atoms with van der Waals surface area (Å²) in [6.07, 6.45) is 1.76. The molecular weight excluding hydrogens is 342 g/mol. The smallest absolute Gasteiger partial charge is 0.337 e. The predicted molar refractivity (Wildman–Crippen MR) is 92.5 cm³/mol. The topological polar surface area (TPSA) is 90.3 Å². The number of carbonyl (C=O) groups excluding carboxylic acids is 1. The van der Waals surface area contributed by atoms with Crippen LogP contribution in [0.1, 0.15) is 15.9 Å². The van der Waals surface area contributed by atoms with Crippen molar-refractivity contribution in [3.63, 3.8) is 0 Å². The summed E-state index contributed by atoms with van der Waals surface area (Å²) in [5.74, 6) is -0.513. The normalized spacial score (nSPS) is 11.6. The van der Waals surface area contributed by atoms with E-state index in [4.69, 9.17) is 0 Å². The Labute approximate surface area is 145 Å². The molecule has 0 aliphatic heterocycles. The van der Waals surface area contributed by atoms with Crippen LogP contribution in [0.5, 0.6) is 0 Å². The maximum absolute atomic E-state index is 12.4. The van der Waals surface area contributed by atoms with Crippen LogP contribution in [0.4, 0.5) is 0 Å². The van der Waals surface area contributed by atoms with Gasteiger partial charge < -0.3 is 4.74 Å². The highest BCUT2D eigenvalue weighted by Crippen LogP contribution is 2.16. The summed E-state index contributed by atoms with van der Waals surface area (Å²) in [5, 5.41) is 5.16. The Morgan fingerprint density at radius 3 is 2.60 bits per heavy atom. The lowest BCUT2D eigenvalue weighted by molar-refractivity contribution is 0.0600. The molecule has 3 aromatic rings. The average molecular weight is 359 g/mol. The van der Waals surface area contributed by atoms with Crippen LogP contribution >= 0.6 is 0 Å².